The zero-order valence-electron chi connectivity index (χ0n) is 38.2. The van der Waals surface area contributed by atoms with Gasteiger partial charge in [0.15, 0.2) is 6.29 Å². The van der Waals surface area contributed by atoms with Gasteiger partial charge >= 0.3 is 0 Å². The van der Waals surface area contributed by atoms with Crippen LogP contribution in [0.3, 0.4) is 0 Å². The van der Waals surface area contributed by atoms with Crippen molar-refractivity contribution in [3.05, 3.63) is 0 Å². The van der Waals surface area contributed by atoms with E-state index in [4.69, 9.17) is 9.47 Å². The number of amides is 1. The number of carbonyl (C=O) groups is 1. The Morgan fingerprint density at radius 3 is 1.36 bits per heavy atom. The number of aliphatic hydroxyl groups is 7. The number of ether oxygens (including phenoxy) is 2. The zero-order chi connectivity index (χ0) is 43.5. The van der Waals surface area contributed by atoms with Gasteiger partial charge in [-0.1, -0.05) is 213 Å². The molecule has 352 valence electrons. The van der Waals surface area contributed by atoms with Crippen LogP contribution in [0.15, 0.2) is 0 Å². The number of unbranched alkanes of at least 4 members (excludes halogenated alkanes) is 27. The summed E-state index contributed by atoms with van der Waals surface area (Å²) in [4.78, 5) is 13.1. The Bertz CT molecular complexity index is 941. The lowest BCUT2D eigenvalue weighted by atomic mass is 9.98. The molecule has 0 bridgehead atoms. The summed E-state index contributed by atoms with van der Waals surface area (Å²) in [5.41, 5.74) is 0. The van der Waals surface area contributed by atoms with Crippen LogP contribution in [-0.4, -0.2) is 110 Å². The molecule has 1 aliphatic heterocycles. The predicted octanol–water partition coefficient (Wildman–Crippen LogP) is 8.53. The minimum Gasteiger partial charge on any atom is -0.394 e. The van der Waals surface area contributed by atoms with Crippen LogP contribution in [-0.2, 0) is 14.3 Å². The van der Waals surface area contributed by atoms with E-state index < -0.39 is 74.2 Å². The molecule has 11 nitrogen and oxygen atoms in total. The van der Waals surface area contributed by atoms with Gasteiger partial charge in [-0.25, -0.2) is 0 Å². The molecule has 1 amide bonds. The summed E-state index contributed by atoms with van der Waals surface area (Å²) in [7, 11) is 0. The normalized spacial score (nSPS) is 21.8. The highest BCUT2D eigenvalue weighted by Crippen LogP contribution is 2.23. The van der Waals surface area contributed by atoms with Crippen LogP contribution in [0.1, 0.15) is 226 Å². The van der Waals surface area contributed by atoms with Crippen molar-refractivity contribution >= 4 is 5.91 Å². The molecule has 9 atom stereocenters. The highest BCUT2D eigenvalue weighted by Gasteiger charge is 2.44. The van der Waals surface area contributed by atoms with Crippen LogP contribution in [0.4, 0.5) is 0 Å². The Morgan fingerprint density at radius 2 is 0.949 bits per heavy atom. The first-order valence-electron chi connectivity index (χ1n) is 24.8. The largest absolute Gasteiger partial charge is 0.394 e. The molecule has 8 N–H and O–H groups in total. The molecule has 0 aromatic carbocycles. The third kappa shape index (κ3) is 28.4. The molecule has 11 heteroatoms. The van der Waals surface area contributed by atoms with Crippen molar-refractivity contribution in [2.45, 2.75) is 281 Å². The average molecular weight is 846 g/mol. The molecule has 1 saturated heterocycles. The molecular formula is C48H95NO10. The summed E-state index contributed by atoms with van der Waals surface area (Å²) >= 11 is 0. The molecule has 1 heterocycles. The number of nitrogens with one attached hydrogen (secondary N) is 1. The number of hydrogen-bond donors (Lipinski definition) is 8. The van der Waals surface area contributed by atoms with Crippen LogP contribution in [0, 0.1) is 5.92 Å². The molecule has 0 radical (unpaired) electrons. The molecular weight excluding hydrogens is 751 g/mol. The van der Waals surface area contributed by atoms with Crippen molar-refractivity contribution in [1.29, 1.82) is 0 Å². The van der Waals surface area contributed by atoms with Crippen molar-refractivity contribution in [3.63, 3.8) is 0 Å². The number of rotatable bonds is 41. The predicted molar refractivity (Wildman–Crippen MR) is 238 cm³/mol. The molecule has 1 fully saturated rings. The lowest BCUT2D eigenvalue weighted by Gasteiger charge is -2.40. The van der Waals surface area contributed by atoms with Crippen molar-refractivity contribution in [2.24, 2.45) is 5.92 Å². The van der Waals surface area contributed by atoms with Crippen molar-refractivity contribution in [1.82, 2.24) is 5.32 Å². The van der Waals surface area contributed by atoms with E-state index >= 15 is 0 Å². The van der Waals surface area contributed by atoms with E-state index in [-0.39, 0.29) is 6.42 Å². The first kappa shape index (κ1) is 56.1. The second-order valence-electron chi connectivity index (χ2n) is 18.4. The van der Waals surface area contributed by atoms with Crippen molar-refractivity contribution < 1.29 is 50.0 Å². The molecule has 0 aliphatic carbocycles. The van der Waals surface area contributed by atoms with Gasteiger partial charge in [0.1, 0.15) is 36.6 Å². The topological polar surface area (TPSA) is 189 Å². The van der Waals surface area contributed by atoms with E-state index in [0.717, 1.165) is 44.4 Å². The van der Waals surface area contributed by atoms with Gasteiger partial charge in [-0.05, 0) is 18.8 Å². The van der Waals surface area contributed by atoms with E-state index in [1.165, 1.54) is 141 Å². The van der Waals surface area contributed by atoms with E-state index in [1.54, 1.807) is 0 Å². The highest BCUT2D eigenvalue weighted by molar-refractivity contribution is 5.80. The van der Waals surface area contributed by atoms with Gasteiger partial charge in [0.2, 0.25) is 5.91 Å². The summed E-state index contributed by atoms with van der Waals surface area (Å²) in [5.74, 6) is 0.0843. The summed E-state index contributed by atoms with van der Waals surface area (Å²) in [6.07, 6.45) is 25.9. The van der Waals surface area contributed by atoms with E-state index in [0.29, 0.717) is 19.3 Å². The second kappa shape index (κ2) is 37.6. The van der Waals surface area contributed by atoms with Crippen LogP contribution in [0.25, 0.3) is 0 Å². The minimum absolute atomic E-state index is 0.266. The monoisotopic (exact) mass is 846 g/mol. The fraction of sp³-hybridized carbons (Fsp3) is 0.979. The summed E-state index contributed by atoms with van der Waals surface area (Å²) < 4.78 is 11.1. The van der Waals surface area contributed by atoms with Crippen LogP contribution >= 0.6 is 0 Å². The standard InChI is InChI=1S/C48H95NO10/c1-4-5-6-7-8-9-10-11-12-13-14-15-16-17-18-23-26-29-32-35-41(52)47(57)49-39(37-58-48-46(56)45(55)44(54)42(36-50)59-48)43(53)40(51)34-31-28-25-22-20-19-21-24-27-30-33-38(2)3/h38-46,48,50-56H,4-37H2,1-3H3,(H,49,57)/t39-,40+,41+,42+,43-,44-,45-,46+,48-/m0/s1. The smallest absolute Gasteiger partial charge is 0.249 e. The number of carbonyl (C=O) groups excluding carboxylic acids is 1. The molecule has 0 aromatic rings. The van der Waals surface area contributed by atoms with E-state index in [2.05, 4.69) is 26.1 Å². The van der Waals surface area contributed by atoms with E-state index in [1.807, 2.05) is 0 Å². The molecule has 0 aromatic heterocycles. The third-order valence-corrected chi connectivity index (χ3v) is 12.3. The van der Waals surface area contributed by atoms with Crippen molar-refractivity contribution in [3.8, 4) is 0 Å². The Morgan fingerprint density at radius 1 is 0.559 bits per heavy atom. The zero-order valence-corrected chi connectivity index (χ0v) is 38.2. The fourth-order valence-electron chi connectivity index (χ4n) is 8.21. The van der Waals surface area contributed by atoms with Gasteiger partial charge in [-0.3, -0.25) is 4.79 Å². The van der Waals surface area contributed by atoms with E-state index in [9.17, 15) is 40.5 Å². The molecule has 1 rings (SSSR count). The van der Waals surface area contributed by atoms with Crippen molar-refractivity contribution in [2.75, 3.05) is 13.2 Å². The first-order chi connectivity index (χ1) is 28.5. The maximum atomic E-state index is 13.1. The Kier molecular flexibility index (Phi) is 35.8. The molecule has 0 spiro atoms. The third-order valence-electron chi connectivity index (χ3n) is 12.3. The molecule has 59 heavy (non-hydrogen) atoms. The SMILES string of the molecule is CCCCCCCCCCCCCCCCCCCCC[C@@H](O)C(=O)N[C@@H](CO[C@H]1O[C@H](CO)[C@H](O)[C@H](O)[C@H]1O)[C@H](O)[C@H](O)CCCCCCCCCCCCC(C)C. The Balaban J connectivity index is 2.39. The van der Waals surface area contributed by atoms with Crippen LogP contribution in [0.2, 0.25) is 0 Å². The fourth-order valence-corrected chi connectivity index (χ4v) is 8.21. The maximum Gasteiger partial charge on any atom is 0.249 e. The van der Waals surface area contributed by atoms with Gasteiger partial charge in [-0.15, -0.1) is 0 Å². The minimum atomic E-state index is -1.66. The second-order valence-corrected chi connectivity index (χ2v) is 18.4. The number of aliphatic hydroxyl groups excluding tert-OH is 7. The highest BCUT2D eigenvalue weighted by atomic mass is 16.7. The summed E-state index contributed by atoms with van der Waals surface area (Å²) in [5, 5.41) is 75.8. The molecule has 1 aliphatic rings. The Hall–Kier alpha value is -0.890. The van der Waals surface area contributed by atoms with Gasteiger partial charge in [0, 0.05) is 0 Å². The maximum absolute atomic E-state index is 13.1. The van der Waals surface area contributed by atoms with Gasteiger partial charge in [0.25, 0.3) is 0 Å². The van der Waals surface area contributed by atoms with Gasteiger partial charge in [-0.2, -0.15) is 0 Å². The quantitative estimate of drug-likeness (QED) is 0.0277. The lowest BCUT2D eigenvalue weighted by Crippen LogP contribution is -2.60. The summed E-state index contributed by atoms with van der Waals surface area (Å²) in [6, 6.07) is -1.16. The van der Waals surface area contributed by atoms with Crippen LogP contribution < -0.4 is 5.32 Å². The molecule has 0 saturated carbocycles. The summed E-state index contributed by atoms with van der Waals surface area (Å²) in [6.45, 7) is 5.76. The number of hydrogen-bond acceptors (Lipinski definition) is 10. The lowest BCUT2D eigenvalue weighted by molar-refractivity contribution is -0.303. The molecule has 0 unspecified atom stereocenters. The van der Waals surface area contributed by atoms with Gasteiger partial charge < -0.3 is 50.5 Å². The van der Waals surface area contributed by atoms with Crippen LogP contribution in [0.5, 0.6) is 0 Å². The Labute approximate surface area is 360 Å². The first-order valence-corrected chi connectivity index (χ1v) is 24.8. The average Bonchev–Trinajstić information content (AvgIpc) is 3.22. The van der Waals surface area contributed by atoms with Gasteiger partial charge in [0.05, 0.1) is 25.4 Å².